The molecule has 4 rings (SSSR count). The molecule has 156 valence electrons. The van der Waals surface area contributed by atoms with Gasteiger partial charge in [-0.15, -0.1) is 5.10 Å². The smallest absolute Gasteiger partial charge is 0.233 e. The van der Waals surface area contributed by atoms with Gasteiger partial charge in [0.05, 0.1) is 11.8 Å². The minimum absolute atomic E-state index is 0.181. The first-order valence-electron chi connectivity index (χ1n) is 10.7. The molecule has 1 aliphatic heterocycles. The van der Waals surface area contributed by atoms with Gasteiger partial charge in [0.25, 0.3) is 0 Å². The fourth-order valence-electron chi connectivity index (χ4n) is 4.35. The number of tetrazole rings is 1. The maximum Gasteiger partial charge on any atom is 0.233 e. The van der Waals surface area contributed by atoms with E-state index in [0.717, 1.165) is 44.2 Å². The van der Waals surface area contributed by atoms with Crippen molar-refractivity contribution < 1.29 is 4.79 Å². The van der Waals surface area contributed by atoms with Crippen LogP contribution in [-0.2, 0) is 4.79 Å². The molecule has 1 atom stereocenters. The highest BCUT2D eigenvalue weighted by Crippen LogP contribution is 2.30. The highest BCUT2D eigenvalue weighted by molar-refractivity contribution is 7.99. The quantitative estimate of drug-likeness (QED) is 0.677. The topological polar surface area (TPSA) is 67.2 Å². The Morgan fingerprint density at radius 1 is 1.10 bits per heavy atom. The lowest BCUT2D eigenvalue weighted by atomic mass is 9.96. The maximum absolute atomic E-state index is 12.7. The molecule has 0 spiro atoms. The molecule has 2 aromatic rings. The molecule has 1 amide bonds. The van der Waals surface area contributed by atoms with Gasteiger partial charge in [-0.1, -0.05) is 61.4 Å². The number of amides is 1. The second-order valence-corrected chi connectivity index (χ2v) is 8.93. The number of hydrogen-bond acceptors (Lipinski definition) is 6. The van der Waals surface area contributed by atoms with Gasteiger partial charge >= 0.3 is 0 Å². The summed E-state index contributed by atoms with van der Waals surface area (Å²) in [6, 6.07) is 11.3. The van der Waals surface area contributed by atoms with Crippen molar-refractivity contribution in [1.82, 2.24) is 30.0 Å². The van der Waals surface area contributed by atoms with E-state index in [-0.39, 0.29) is 5.91 Å². The average molecular weight is 415 g/mol. The largest absolute Gasteiger partial charge is 0.339 e. The number of nitrogens with zero attached hydrogens (tertiary/aromatic N) is 6. The van der Waals surface area contributed by atoms with E-state index in [0.29, 0.717) is 17.8 Å². The van der Waals surface area contributed by atoms with Gasteiger partial charge in [0.15, 0.2) is 0 Å². The summed E-state index contributed by atoms with van der Waals surface area (Å²) in [6.07, 6.45) is 6.04. The first-order chi connectivity index (χ1) is 14.2. The number of aromatic nitrogens is 4. The zero-order valence-electron chi connectivity index (χ0n) is 17.1. The summed E-state index contributed by atoms with van der Waals surface area (Å²) in [5.41, 5.74) is 1.33. The Morgan fingerprint density at radius 2 is 1.83 bits per heavy atom. The number of piperazine rings is 1. The van der Waals surface area contributed by atoms with E-state index in [9.17, 15) is 4.79 Å². The Balaban J connectivity index is 1.26. The third kappa shape index (κ3) is 4.98. The molecule has 2 fully saturated rings. The standard InChI is InChI=1S/C21H30N6OS/c1-17(18-8-4-2-5-9-18)25-12-14-26(15-13-25)20(28)16-29-21-22-23-24-27(21)19-10-6-3-7-11-19/h2,4-5,8-9,17,19H,3,6-7,10-16H2,1H3. The molecule has 2 aliphatic rings. The highest BCUT2D eigenvalue weighted by atomic mass is 32.2. The van der Waals surface area contributed by atoms with Crippen LogP contribution in [0, 0.1) is 0 Å². The van der Waals surface area contributed by atoms with Crippen LogP contribution in [0.4, 0.5) is 0 Å². The normalized spacial score (nSPS) is 20.0. The van der Waals surface area contributed by atoms with Crippen LogP contribution in [-0.4, -0.2) is 67.8 Å². The molecule has 0 bridgehead atoms. The van der Waals surface area contributed by atoms with Crippen LogP contribution in [0.3, 0.4) is 0 Å². The van der Waals surface area contributed by atoms with Crippen LogP contribution >= 0.6 is 11.8 Å². The zero-order valence-corrected chi connectivity index (χ0v) is 17.9. The molecule has 1 saturated carbocycles. The van der Waals surface area contributed by atoms with E-state index in [1.807, 2.05) is 9.58 Å². The SMILES string of the molecule is CC(c1ccccc1)N1CCN(C(=O)CSc2nnnn2C2CCCCC2)CC1. The van der Waals surface area contributed by atoms with Crippen molar-refractivity contribution in [2.24, 2.45) is 0 Å². The Bertz CT molecular complexity index is 783. The van der Waals surface area contributed by atoms with Crippen LogP contribution in [0.2, 0.25) is 0 Å². The molecule has 2 heterocycles. The summed E-state index contributed by atoms with van der Waals surface area (Å²) in [5, 5.41) is 13.0. The van der Waals surface area contributed by atoms with Crippen molar-refractivity contribution in [3.05, 3.63) is 35.9 Å². The van der Waals surface area contributed by atoms with Crippen molar-refractivity contribution in [2.75, 3.05) is 31.9 Å². The summed E-state index contributed by atoms with van der Waals surface area (Å²) < 4.78 is 1.94. The van der Waals surface area contributed by atoms with Crippen molar-refractivity contribution >= 4 is 17.7 Å². The Morgan fingerprint density at radius 3 is 2.55 bits per heavy atom. The first-order valence-corrected chi connectivity index (χ1v) is 11.7. The minimum Gasteiger partial charge on any atom is -0.339 e. The van der Waals surface area contributed by atoms with Crippen molar-refractivity contribution in [1.29, 1.82) is 0 Å². The summed E-state index contributed by atoms with van der Waals surface area (Å²) >= 11 is 1.48. The molecule has 29 heavy (non-hydrogen) atoms. The molecule has 0 N–H and O–H groups in total. The minimum atomic E-state index is 0.181. The van der Waals surface area contributed by atoms with Crippen molar-refractivity contribution in [3.8, 4) is 0 Å². The van der Waals surface area contributed by atoms with Gasteiger partial charge in [0.1, 0.15) is 0 Å². The molecular weight excluding hydrogens is 384 g/mol. The Labute approximate surface area is 176 Å². The molecule has 1 unspecified atom stereocenters. The van der Waals surface area contributed by atoms with E-state index in [4.69, 9.17) is 0 Å². The molecule has 1 aromatic carbocycles. The van der Waals surface area contributed by atoms with Crippen LogP contribution in [0.15, 0.2) is 35.5 Å². The lowest BCUT2D eigenvalue weighted by Gasteiger charge is -2.38. The highest BCUT2D eigenvalue weighted by Gasteiger charge is 2.26. The number of hydrogen-bond donors (Lipinski definition) is 0. The maximum atomic E-state index is 12.7. The number of carbonyl (C=O) groups is 1. The number of rotatable bonds is 6. The molecule has 1 saturated heterocycles. The van der Waals surface area contributed by atoms with E-state index < -0.39 is 0 Å². The van der Waals surface area contributed by atoms with Gasteiger partial charge in [-0.05, 0) is 35.8 Å². The van der Waals surface area contributed by atoms with E-state index >= 15 is 0 Å². The summed E-state index contributed by atoms with van der Waals surface area (Å²) in [6.45, 7) is 5.63. The van der Waals surface area contributed by atoms with Gasteiger partial charge in [-0.25, -0.2) is 4.68 Å². The third-order valence-corrected chi connectivity index (χ3v) is 7.12. The average Bonchev–Trinajstić information content (AvgIpc) is 3.27. The van der Waals surface area contributed by atoms with Crippen LogP contribution in [0.1, 0.15) is 56.7 Å². The number of carbonyl (C=O) groups excluding carboxylic acids is 1. The predicted octanol–water partition coefficient (Wildman–Crippen LogP) is 3.18. The summed E-state index contributed by atoms with van der Waals surface area (Å²) in [4.78, 5) is 17.2. The zero-order chi connectivity index (χ0) is 20.1. The van der Waals surface area contributed by atoms with E-state index in [2.05, 4.69) is 57.7 Å². The van der Waals surface area contributed by atoms with Gasteiger partial charge in [0, 0.05) is 32.2 Å². The molecule has 0 radical (unpaired) electrons. The van der Waals surface area contributed by atoms with Crippen LogP contribution < -0.4 is 0 Å². The van der Waals surface area contributed by atoms with Crippen molar-refractivity contribution in [3.63, 3.8) is 0 Å². The number of benzene rings is 1. The lowest BCUT2D eigenvalue weighted by Crippen LogP contribution is -2.49. The second kappa shape index (κ2) is 9.71. The molecule has 7 nitrogen and oxygen atoms in total. The monoisotopic (exact) mass is 414 g/mol. The van der Waals surface area contributed by atoms with Gasteiger partial charge < -0.3 is 4.90 Å². The molecule has 1 aliphatic carbocycles. The predicted molar refractivity (Wildman–Crippen MR) is 114 cm³/mol. The summed E-state index contributed by atoms with van der Waals surface area (Å²) in [7, 11) is 0. The lowest BCUT2D eigenvalue weighted by molar-refractivity contribution is -0.130. The van der Waals surface area contributed by atoms with Gasteiger partial charge in [-0.2, -0.15) is 0 Å². The second-order valence-electron chi connectivity index (χ2n) is 7.99. The van der Waals surface area contributed by atoms with Crippen molar-refractivity contribution in [2.45, 2.75) is 56.3 Å². The first kappa shape index (κ1) is 20.3. The van der Waals surface area contributed by atoms with Crippen LogP contribution in [0.5, 0.6) is 0 Å². The van der Waals surface area contributed by atoms with Gasteiger partial charge in [-0.3, -0.25) is 9.69 Å². The van der Waals surface area contributed by atoms with Crippen LogP contribution in [0.25, 0.3) is 0 Å². The molecule has 1 aromatic heterocycles. The van der Waals surface area contributed by atoms with Gasteiger partial charge in [0.2, 0.25) is 11.1 Å². The Kier molecular flexibility index (Phi) is 6.82. The summed E-state index contributed by atoms with van der Waals surface area (Å²) in [5.74, 6) is 0.585. The fourth-order valence-corrected chi connectivity index (χ4v) is 5.20. The molecular formula is C21H30N6OS. The fraction of sp³-hybridized carbons (Fsp3) is 0.619. The van der Waals surface area contributed by atoms with E-state index in [1.165, 1.54) is 36.6 Å². The third-order valence-electron chi connectivity index (χ3n) is 6.20. The number of thioether (sulfide) groups is 1. The Hall–Kier alpha value is -1.93. The van der Waals surface area contributed by atoms with E-state index in [1.54, 1.807) is 0 Å². The molecule has 8 heteroatoms.